The molecule has 0 fully saturated rings. The molecule has 0 bridgehead atoms. The third-order valence-electron chi connectivity index (χ3n) is 7.96. The average Bonchev–Trinajstić information content (AvgIpc) is 3.25. The molecule has 0 rings (SSSR count). The molecule has 2 atom stereocenters. The fourth-order valence-corrected chi connectivity index (χ4v) is 5.49. The van der Waals surface area contributed by atoms with Gasteiger partial charge in [-0.05, 0) is 89.9 Å². The van der Waals surface area contributed by atoms with Crippen LogP contribution < -0.4 is 6.15 Å². The number of hydrogen-bond acceptors (Lipinski definition) is 10. The molecule has 0 saturated carbocycles. The smallest absolute Gasteiger partial charge is 0.463 e. The van der Waals surface area contributed by atoms with Gasteiger partial charge in [-0.15, -0.1) is 0 Å². The standard InChI is InChI=1S/C50H75O10P.H3N/c1-3-5-7-9-11-13-15-17-19-21-23-25-27-29-31-33-35-37-39-41-49(53)57-43-47(51)45-59-61(55,56)60-46-48(52)44-58-50(54)42-40-38-36-34-32-30-28-26-24-22-20-18-16-14-12-10-8-6-4-2;/h5-8,11-14,17-20,23-26,29-32,35-38,47-48,51-52H,3-4,9-10,15-16,21-22,27-28,33-34,39-46H2,1-2H3,(H,55,56);1H3/b7-5-,8-6-,13-11-,14-12-,19-17-,20-18-,25-23-,26-24-,31-29-,32-30-,37-35-,38-36-;/t47-,48-;/m1./s1. The van der Waals surface area contributed by atoms with Gasteiger partial charge in [0.1, 0.15) is 25.4 Å². The van der Waals surface area contributed by atoms with Crippen LogP contribution in [0.25, 0.3) is 0 Å². The van der Waals surface area contributed by atoms with Crippen molar-refractivity contribution in [3.8, 4) is 0 Å². The SMILES string of the molecule is CC/C=C\C/C=C\C/C=C\C/C=C\C/C=C\C/C=C\CCC(=O)OC[C@@H](O)COP(=O)(O)OC[C@H](O)COC(=O)CC/C=C\C/C=C\C/C=C\C/C=C\C/C=C\C/C=C\CC.N. The van der Waals surface area contributed by atoms with Crippen LogP contribution in [0.15, 0.2) is 146 Å². The highest BCUT2D eigenvalue weighted by Crippen LogP contribution is 2.43. The molecular formula is C50H78NO10P. The van der Waals surface area contributed by atoms with Crippen molar-refractivity contribution in [3.05, 3.63) is 146 Å². The van der Waals surface area contributed by atoms with E-state index in [1.807, 2.05) is 24.3 Å². The molecule has 0 aliphatic rings. The molecule has 6 N–H and O–H groups in total. The molecule has 348 valence electrons. The first-order chi connectivity index (χ1) is 29.7. The van der Waals surface area contributed by atoms with Crippen LogP contribution in [0.5, 0.6) is 0 Å². The first-order valence-electron chi connectivity index (χ1n) is 21.8. The van der Waals surface area contributed by atoms with Gasteiger partial charge in [-0.2, -0.15) is 0 Å². The molecule has 0 amide bonds. The van der Waals surface area contributed by atoms with Crippen LogP contribution in [-0.4, -0.2) is 65.7 Å². The van der Waals surface area contributed by atoms with E-state index in [-0.39, 0.29) is 19.0 Å². The van der Waals surface area contributed by atoms with Gasteiger partial charge < -0.3 is 30.7 Å². The minimum Gasteiger partial charge on any atom is -0.463 e. The summed E-state index contributed by atoms with van der Waals surface area (Å²) >= 11 is 0. The van der Waals surface area contributed by atoms with Crippen molar-refractivity contribution >= 4 is 19.8 Å². The molecule has 0 radical (unpaired) electrons. The predicted molar refractivity (Wildman–Crippen MR) is 256 cm³/mol. The molecule has 0 heterocycles. The first-order valence-corrected chi connectivity index (χ1v) is 23.3. The largest absolute Gasteiger partial charge is 0.472 e. The van der Waals surface area contributed by atoms with E-state index in [1.54, 1.807) is 0 Å². The maximum absolute atomic E-state index is 12.1. The van der Waals surface area contributed by atoms with Crippen LogP contribution >= 0.6 is 7.82 Å². The van der Waals surface area contributed by atoms with Gasteiger partial charge in [0.05, 0.1) is 13.2 Å². The Morgan fingerprint density at radius 1 is 0.419 bits per heavy atom. The van der Waals surface area contributed by atoms with Crippen LogP contribution in [0, 0.1) is 0 Å². The lowest BCUT2D eigenvalue weighted by Gasteiger charge is -2.17. The second-order valence-corrected chi connectivity index (χ2v) is 15.1. The average molecular weight is 884 g/mol. The molecule has 0 saturated heterocycles. The Bertz CT molecular complexity index is 1410. The normalized spacial score (nSPS) is 14.1. The lowest BCUT2D eigenvalue weighted by molar-refractivity contribution is -0.147. The van der Waals surface area contributed by atoms with Crippen LogP contribution in [0.4, 0.5) is 0 Å². The fraction of sp³-hybridized carbons (Fsp3) is 0.480. The van der Waals surface area contributed by atoms with Crippen LogP contribution in [-0.2, 0) is 32.7 Å². The van der Waals surface area contributed by atoms with Gasteiger partial charge in [-0.1, -0.05) is 160 Å². The van der Waals surface area contributed by atoms with Gasteiger partial charge in [0.2, 0.25) is 0 Å². The van der Waals surface area contributed by atoms with Gasteiger partial charge in [-0.25, -0.2) is 4.57 Å². The number of rotatable bonds is 38. The highest BCUT2D eigenvalue weighted by molar-refractivity contribution is 7.47. The van der Waals surface area contributed by atoms with Crippen molar-refractivity contribution in [3.63, 3.8) is 0 Å². The molecule has 0 aliphatic carbocycles. The summed E-state index contributed by atoms with van der Waals surface area (Å²) in [7, 11) is -4.65. The van der Waals surface area contributed by atoms with Gasteiger partial charge in [0, 0.05) is 12.8 Å². The third-order valence-corrected chi connectivity index (χ3v) is 8.91. The highest BCUT2D eigenvalue weighted by atomic mass is 31.2. The second kappa shape index (κ2) is 46.3. The van der Waals surface area contributed by atoms with E-state index in [9.17, 15) is 29.3 Å². The Kier molecular flexibility index (Phi) is 44.7. The maximum Gasteiger partial charge on any atom is 0.472 e. The third kappa shape index (κ3) is 46.9. The molecule has 0 aliphatic heterocycles. The van der Waals surface area contributed by atoms with E-state index >= 15 is 0 Å². The Morgan fingerprint density at radius 2 is 0.645 bits per heavy atom. The lowest BCUT2D eigenvalue weighted by Crippen LogP contribution is -2.25. The lowest BCUT2D eigenvalue weighted by atomic mass is 10.2. The molecule has 11 nitrogen and oxygen atoms in total. The van der Waals surface area contributed by atoms with Crippen molar-refractivity contribution in [1.29, 1.82) is 0 Å². The number of esters is 2. The van der Waals surface area contributed by atoms with Crippen molar-refractivity contribution in [2.45, 2.75) is 129 Å². The van der Waals surface area contributed by atoms with Gasteiger partial charge in [0.15, 0.2) is 0 Å². The topological polar surface area (TPSA) is 184 Å². The maximum atomic E-state index is 12.1. The number of carbonyl (C=O) groups excluding carboxylic acids is 2. The minimum atomic E-state index is -4.65. The first kappa shape index (κ1) is 59.9. The molecule has 0 spiro atoms. The summed E-state index contributed by atoms with van der Waals surface area (Å²) in [6.45, 7) is 2.11. The molecule has 0 aromatic carbocycles. The van der Waals surface area contributed by atoms with Gasteiger partial charge >= 0.3 is 19.8 Å². The van der Waals surface area contributed by atoms with Crippen molar-refractivity contribution < 1.29 is 47.8 Å². The van der Waals surface area contributed by atoms with Crippen LogP contribution in [0.3, 0.4) is 0 Å². The van der Waals surface area contributed by atoms with E-state index in [4.69, 9.17) is 18.5 Å². The molecular weight excluding hydrogens is 806 g/mol. The minimum absolute atomic E-state index is 0. The molecule has 62 heavy (non-hydrogen) atoms. The number of allylic oxidation sites excluding steroid dienone is 24. The summed E-state index contributed by atoms with van der Waals surface area (Å²) in [5.74, 6) is -1.06. The Balaban J connectivity index is 0. The number of phosphoric acid groups is 1. The monoisotopic (exact) mass is 884 g/mol. The Hall–Kier alpha value is -4.19. The van der Waals surface area contributed by atoms with E-state index < -0.39 is 58.4 Å². The summed E-state index contributed by atoms with van der Waals surface area (Å²) in [5.41, 5.74) is 0. The molecule has 12 heteroatoms. The summed E-state index contributed by atoms with van der Waals surface area (Å²) in [4.78, 5) is 33.8. The Labute approximate surface area is 373 Å². The Morgan fingerprint density at radius 3 is 0.887 bits per heavy atom. The van der Waals surface area contributed by atoms with Crippen molar-refractivity contribution in [2.75, 3.05) is 26.4 Å². The van der Waals surface area contributed by atoms with Gasteiger partial charge in [-0.3, -0.25) is 18.6 Å². The van der Waals surface area contributed by atoms with Gasteiger partial charge in [0.25, 0.3) is 0 Å². The molecule has 0 unspecified atom stereocenters. The summed E-state index contributed by atoms with van der Waals surface area (Å²) in [6, 6.07) is 0. The number of aliphatic hydroxyl groups is 2. The summed E-state index contributed by atoms with van der Waals surface area (Å²) < 4.78 is 31.6. The highest BCUT2D eigenvalue weighted by Gasteiger charge is 2.25. The quantitative estimate of drug-likeness (QED) is 0.0263. The summed E-state index contributed by atoms with van der Waals surface area (Å²) in [5, 5.41) is 20.0. The predicted octanol–water partition coefficient (Wildman–Crippen LogP) is 12.0. The van der Waals surface area contributed by atoms with E-state index in [0.717, 1.165) is 77.0 Å². The van der Waals surface area contributed by atoms with Crippen molar-refractivity contribution in [1.82, 2.24) is 6.15 Å². The van der Waals surface area contributed by atoms with E-state index in [0.29, 0.717) is 12.8 Å². The second-order valence-electron chi connectivity index (χ2n) is 13.6. The molecule has 0 aromatic rings. The zero-order valence-corrected chi connectivity index (χ0v) is 38.4. The zero-order chi connectivity index (χ0) is 44.8. The van der Waals surface area contributed by atoms with Crippen LogP contribution in [0.2, 0.25) is 0 Å². The van der Waals surface area contributed by atoms with Crippen LogP contribution in [0.1, 0.15) is 117 Å². The fourth-order valence-electron chi connectivity index (χ4n) is 4.70. The van der Waals surface area contributed by atoms with E-state index in [2.05, 4.69) is 135 Å². The molecule has 0 aromatic heterocycles. The number of ether oxygens (including phenoxy) is 2. The van der Waals surface area contributed by atoms with E-state index in [1.165, 1.54) is 0 Å². The number of hydrogen-bond donors (Lipinski definition) is 4. The number of carbonyl (C=O) groups is 2. The number of phosphoric ester groups is 1. The number of aliphatic hydroxyl groups excluding tert-OH is 2. The summed E-state index contributed by atoms with van der Waals surface area (Å²) in [6.07, 6.45) is 60.0. The zero-order valence-electron chi connectivity index (χ0n) is 37.5. The van der Waals surface area contributed by atoms with Crippen molar-refractivity contribution in [2.24, 2.45) is 0 Å².